The molecule has 1 aromatic carbocycles. The summed E-state index contributed by atoms with van der Waals surface area (Å²) in [5.74, 6) is 0.787. The largest absolute Gasteiger partial charge is 0.463 e. The Kier molecular flexibility index (Phi) is 5.99. The van der Waals surface area contributed by atoms with Gasteiger partial charge in [-0.2, -0.15) is 0 Å². The summed E-state index contributed by atoms with van der Waals surface area (Å²) in [6, 6.07) is 9.79. The molecule has 0 saturated carbocycles. The van der Waals surface area contributed by atoms with Gasteiger partial charge in [-0.05, 0) is 42.7 Å². The lowest BCUT2D eigenvalue weighted by Crippen LogP contribution is -2.45. The third-order valence-electron chi connectivity index (χ3n) is 4.67. The Balaban J connectivity index is 1.91. The molecule has 3 rings (SSSR count). The minimum absolute atomic E-state index is 0.00523. The van der Waals surface area contributed by atoms with E-state index >= 15 is 0 Å². The number of ether oxygens (including phenoxy) is 1. The highest BCUT2D eigenvalue weighted by Gasteiger charge is 2.37. The zero-order chi connectivity index (χ0) is 20.3. The molecule has 6 heteroatoms. The van der Waals surface area contributed by atoms with Gasteiger partial charge in [0.25, 0.3) is 5.91 Å². The molecule has 0 N–H and O–H groups in total. The lowest BCUT2D eigenvalue weighted by atomic mass is 9.95. The first-order valence-corrected chi connectivity index (χ1v) is 9.32. The molecule has 0 unspecified atom stereocenters. The van der Waals surface area contributed by atoms with Gasteiger partial charge in [0.2, 0.25) is 0 Å². The molecule has 0 atom stereocenters. The van der Waals surface area contributed by atoms with Crippen LogP contribution in [0, 0.1) is 11.7 Å². The van der Waals surface area contributed by atoms with Crippen LogP contribution in [0.4, 0.5) is 4.39 Å². The number of carbonyl (C=O) groups excluding carboxylic acids is 1. The molecule has 2 heterocycles. The minimum Gasteiger partial charge on any atom is -0.463 e. The van der Waals surface area contributed by atoms with Crippen LogP contribution in [0.3, 0.4) is 0 Å². The smallest absolute Gasteiger partial charge is 0.257 e. The summed E-state index contributed by atoms with van der Waals surface area (Å²) in [7, 11) is 0. The van der Waals surface area contributed by atoms with Gasteiger partial charge >= 0.3 is 0 Å². The summed E-state index contributed by atoms with van der Waals surface area (Å²) in [5.41, 5.74) is 2.20. The minimum atomic E-state index is -0.283. The van der Waals surface area contributed by atoms with Crippen molar-refractivity contribution < 1.29 is 18.3 Å². The molecule has 0 aliphatic carbocycles. The van der Waals surface area contributed by atoms with Crippen LogP contribution < -0.4 is 0 Å². The van der Waals surface area contributed by atoms with Crippen molar-refractivity contribution in [1.82, 2.24) is 9.80 Å². The normalized spacial score (nSPS) is 15.2. The highest BCUT2D eigenvalue weighted by atomic mass is 19.1. The summed E-state index contributed by atoms with van der Waals surface area (Å²) in [4.78, 5) is 16.6. The van der Waals surface area contributed by atoms with Gasteiger partial charge in [-0.15, -0.1) is 0 Å². The van der Waals surface area contributed by atoms with E-state index in [2.05, 4.69) is 6.58 Å². The van der Waals surface area contributed by atoms with Crippen LogP contribution in [0.1, 0.15) is 32.1 Å². The van der Waals surface area contributed by atoms with Gasteiger partial charge in [0.05, 0.1) is 18.6 Å². The van der Waals surface area contributed by atoms with Gasteiger partial charge in [0, 0.05) is 12.1 Å². The zero-order valence-corrected chi connectivity index (χ0v) is 16.4. The van der Waals surface area contributed by atoms with Gasteiger partial charge < -0.3 is 14.1 Å². The molecule has 1 aliphatic rings. The van der Waals surface area contributed by atoms with Crippen LogP contribution >= 0.6 is 0 Å². The van der Waals surface area contributed by atoms with Crippen LogP contribution in [0.25, 0.3) is 5.70 Å². The number of halogens is 1. The lowest BCUT2D eigenvalue weighted by Gasteiger charge is -2.40. The first-order valence-electron chi connectivity index (χ1n) is 9.32. The molecule has 1 aromatic heterocycles. The van der Waals surface area contributed by atoms with E-state index in [0.29, 0.717) is 36.0 Å². The SMILES string of the molecule is C=C1N(CC)C(=O)C(C(C)C)=C(c2ccco2)N1COCc1ccc(F)cc1. The number of nitrogens with zero attached hydrogens (tertiary/aromatic N) is 2. The van der Waals surface area contributed by atoms with Crippen LogP contribution in [-0.4, -0.2) is 29.0 Å². The summed E-state index contributed by atoms with van der Waals surface area (Å²) >= 11 is 0. The summed E-state index contributed by atoms with van der Waals surface area (Å²) in [5, 5.41) is 0. The Hall–Kier alpha value is -2.86. The van der Waals surface area contributed by atoms with E-state index in [1.165, 1.54) is 12.1 Å². The van der Waals surface area contributed by atoms with Crippen molar-refractivity contribution in [1.29, 1.82) is 0 Å². The number of likely N-dealkylation sites (N-methyl/N-ethyl adjacent to an activating group) is 1. The molecule has 148 valence electrons. The number of carbonyl (C=O) groups is 1. The second-order valence-electron chi connectivity index (χ2n) is 6.89. The van der Waals surface area contributed by atoms with Crippen LogP contribution in [0.2, 0.25) is 0 Å². The highest BCUT2D eigenvalue weighted by molar-refractivity contribution is 6.03. The van der Waals surface area contributed by atoms with Crippen LogP contribution in [-0.2, 0) is 16.1 Å². The maximum Gasteiger partial charge on any atom is 0.257 e. The summed E-state index contributed by atoms with van der Waals surface area (Å²) in [6.07, 6.45) is 1.58. The number of hydrogen-bond acceptors (Lipinski definition) is 4. The molecular weight excluding hydrogens is 359 g/mol. The maximum absolute atomic E-state index is 13.1. The summed E-state index contributed by atoms with van der Waals surface area (Å²) in [6.45, 7) is 11.0. The third kappa shape index (κ3) is 3.87. The number of furan rings is 1. The van der Waals surface area contributed by atoms with Crippen LogP contribution in [0.5, 0.6) is 0 Å². The van der Waals surface area contributed by atoms with Crippen LogP contribution in [0.15, 0.2) is 65.1 Å². The maximum atomic E-state index is 13.1. The average molecular weight is 384 g/mol. The van der Waals surface area contributed by atoms with E-state index in [4.69, 9.17) is 9.15 Å². The second kappa shape index (κ2) is 8.44. The second-order valence-corrected chi connectivity index (χ2v) is 6.89. The van der Waals surface area contributed by atoms with E-state index < -0.39 is 0 Å². The Bertz CT molecular complexity index is 870. The molecule has 1 amide bonds. The van der Waals surface area contributed by atoms with Gasteiger partial charge in [-0.3, -0.25) is 9.69 Å². The quantitative estimate of drug-likeness (QED) is 0.700. The fourth-order valence-corrected chi connectivity index (χ4v) is 3.28. The predicted octanol–water partition coefficient (Wildman–Crippen LogP) is 4.60. The third-order valence-corrected chi connectivity index (χ3v) is 4.67. The molecule has 0 radical (unpaired) electrons. The van der Waals surface area contributed by atoms with E-state index in [0.717, 1.165) is 5.56 Å². The average Bonchev–Trinajstić information content (AvgIpc) is 3.19. The summed E-state index contributed by atoms with van der Waals surface area (Å²) < 4.78 is 24.6. The van der Waals surface area contributed by atoms with Gasteiger partial charge in [0.1, 0.15) is 18.4 Å². The Labute approximate surface area is 164 Å². The molecule has 0 saturated heterocycles. The molecule has 5 nitrogen and oxygen atoms in total. The van der Waals surface area contributed by atoms with Crippen molar-refractivity contribution in [2.24, 2.45) is 5.92 Å². The van der Waals surface area contributed by atoms with Crippen molar-refractivity contribution in [2.75, 3.05) is 13.3 Å². The van der Waals surface area contributed by atoms with Crippen molar-refractivity contribution >= 4 is 11.6 Å². The molecule has 28 heavy (non-hydrogen) atoms. The molecule has 0 fully saturated rings. The molecule has 0 spiro atoms. The molecule has 1 aliphatic heterocycles. The Morgan fingerprint density at radius 2 is 1.89 bits per heavy atom. The van der Waals surface area contributed by atoms with Gasteiger partial charge in [-0.25, -0.2) is 4.39 Å². The number of benzene rings is 1. The van der Waals surface area contributed by atoms with E-state index in [9.17, 15) is 9.18 Å². The monoisotopic (exact) mass is 384 g/mol. The Morgan fingerprint density at radius 3 is 2.46 bits per heavy atom. The number of rotatable bonds is 7. The van der Waals surface area contributed by atoms with Crippen molar-refractivity contribution in [3.05, 3.63) is 77.8 Å². The lowest BCUT2D eigenvalue weighted by molar-refractivity contribution is -0.128. The van der Waals surface area contributed by atoms with Crippen molar-refractivity contribution in [3.8, 4) is 0 Å². The standard InChI is InChI=1S/C22H25FN2O3/c1-5-24-16(4)25(14-27-13-17-8-10-18(23)11-9-17)21(19-7-6-12-28-19)20(15(2)3)22(24)26/h6-12,15H,4-5,13-14H2,1-3H3. The fourth-order valence-electron chi connectivity index (χ4n) is 3.28. The molecule has 0 bridgehead atoms. The first-order chi connectivity index (χ1) is 13.4. The topological polar surface area (TPSA) is 45.9 Å². The molecule has 2 aromatic rings. The van der Waals surface area contributed by atoms with E-state index in [1.807, 2.05) is 31.7 Å². The predicted molar refractivity (Wildman–Crippen MR) is 105 cm³/mol. The van der Waals surface area contributed by atoms with Gasteiger partial charge in [-0.1, -0.05) is 32.6 Å². The van der Waals surface area contributed by atoms with Crippen molar-refractivity contribution in [3.63, 3.8) is 0 Å². The highest BCUT2D eigenvalue weighted by Crippen LogP contribution is 2.37. The fraction of sp³-hybridized carbons (Fsp3) is 0.318. The van der Waals surface area contributed by atoms with E-state index in [-0.39, 0.29) is 24.4 Å². The van der Waals surface area contributed by atoms with Crippen molar-refractivity contribution in [2.45, 2.75) is 27.4 Å². The molecular formula is C22H25FN2O3. The Morgan fingerprint density at radius 1 is 1.18 bits per heavy atom. The zero-order valence-electron chi connectivity index (χ0n) is 16.4. The van der Waals surface area contributed by atoms with Gasteiger partial charge in [0.15, 0.2) is 5.76 Å². The van der Waals surface area contributed by atoms with E-state index in [1.54, 1.807) is 29.4 Å². The number of amides is 1. The number of hydrogen-bond donors (Lipinski definition) is 0. The first kappa shape index (κ1) is 19.9.